The van der Waals surface area contributed by atoms with Crippen LogP contribution >= 0.6 is 0 Å². The molecule has 0 amide bonds. The van der Waals surface area contributed by atoms with Crippen LogP contribution in [-0.2, 0) is 19.5 Å². The van der Waals surface area contributed by atoms with E-state index in [0.29, 0.717) is 5.56 Å². The third kappa shape index (κ3) is 3.31. The number of aromatic nitrogens is 3. The molecule has 1 fully saturated rings. The highest BCUT2D eigenvalue weighted by Crippen LogP contribution is 2.32. The van der Waals surface area contributed by atoms with Gasteiger partial charge >= 0.3 is 5.97 Å². The molecule has 0 saturated carbocycles. The Kier molecular flexibility index (Phi) is 4.53. The zero-order valence-electron chi connectivity index (χ0n) is 14.4. The number of piperidine rings is 1. The Balaban J connectivity index is 1.58. The molecule has 6 heteroatoms. The number of rotatable bonds is 4. The Labute approximate surface area is 147 Å². The lowest BCUT2D eigenvalue weighted by Crippen LogP contribution is -2.35. The van der Waals surface area contributed by atoms with E-state index in [4.69, 9.17) is 0 Å². The van der Waals surface area contributed by atoms with Crippen molar-refractivity contribution in [2.45, 2.75) is 57.7 Å². The summed E-state index contributed by atoms with van der Waals surface area (Å²) in [4.78, 5) is 13.7. The minimum atomic E-state index is -0.872. The number of hydrogen-bond acceptors (Lipinski definition) is 4. The van der Waals surface area contributed by atoms with Gasteiger partial charge in [0.15, 0.2) is 0 Å². The van der Waals surface area contributed by atoms with E-state index in [9.17, 15) is 9.90 Å². The van der Waals surface area contributed by atoms with E-state index in [1.807, 2.05) is 12.1 Å². The molecule has 0 spiro atoms. The quantitative estimate of drug-likeness (QED) is 0.926. The first kappa shape index (κ1) is 16.3. The van der Waals surface area contributed by atoms with Crippen LogP contribution in [0.3, 0.4) is 0 Å². The van der Waals surface area contributed by atoms with Gasteiger partial charge in [0, 0.05) is 19.5 Å². The molecule has 1 N–H and O–H groups in total. The van der Waals surface area contributed by atoms with E-state index in [1.54, 1.807) is 12.1 Å². The van der Waals surface area contributed by atoms with Crippen LogP contribution in [0.25, 0.3) is 0 Å². The summed E-state index contributed by atoms with van der Waals surface area (Å²) < 4.78 is 2.32. The predicted octanol–water partition coefficient (Wildman–Crippen LogP) is 3.04. The zero-order valence-corrected chi connectivity index (χ0v) is 14.4. The van der Waals surface area contributed by atoms with Gasteiger partial charge in [-0.1, -0.05) is 18.6 Å². The van der Waals surface area contributed by atoms with Gasteiger partial charge in [-0.05, 0) is 49.9 Å². The van der Waals surface area contributed by atoms with Gasteiger partial charge in [-0.15, -0.1) is 10.2 Å². The lowest BCUT2D eigenvalue weighted by atomic mass is 9.99. The number of likely N-dealkylation sites (tertiary alicyclic amines) is 1. The average molecular weight is 340 g/mol. The van der Waals surface area contributed by atoms with E-state index in [0.717, 1.165) is 49.7 Å². The first-order valence-corrected chi connectivity index (χ1v) is 9.20. The highest BCUT2D eigenvalue weighted by atomic mass is 16.4. The number of nitrogens with zero attached hydrogens (tertiary/aromatic N) is 4. The first-order valence-electron chi connectivity index (χ1n) is 9.20. The van der Waals surface area contributed by atoms with Crippen LogP contribution in [0.2, 0.25) is 0 Å². The van der Waals surface area contributed by atoms with Gasteiger partial charge in [0.2, 0.25) is 0 Å². The Morgan fingerprint density at radius 3 is 2.92 bits per heavy atom. The van der Waals surface area contributed by atoms with E-state index in [1.165, 1.54) is 25.7 Å². The van der Waals surface area contributed by atoms with E-state index in [-0.39, 0.29) is 6.04 Å². The Hall–Kier alpha value is -2.21. The zero-order chi connectivity index (χ0) is 17.2. The van der Waals surface area contributed by atoms with Crippen molar-refractivity contribution in [3.8, 4) is 0 Å². The van der Waals surface area contributed by atoms with Gasteiger partial charge in [-0.2, -0.15) is 0 Å². The van der Waals surface area contributed by atoms with Crippen molar-refractivity contribution >= 4 is 5.97 Å². The van der Waals surface area contributed by atoms with Crippen molar-refractivity contribution in [2.75, 3.05) is 6.54 Å². The van der Waals surface area contributed by atoms with Crippen LogP contribution in [-0.4, -0.2) is 37.3 Å². The summed E-state index contributed by atoms with van der Waals surface area (Å²) in [6.45, 7) is 2.80. The third-order valence-corrected chi connectivity index (χ3v) is 5.36. The highest BCUT2D eigenvalue weighted by Gasteiger charge is 2.30. The molecule has 1 atom stereocenters. The number of aryl methyl sites for hydroxylation is 1. The van der Waals surface area contributed by atoms with E-state index >= 15 is 0 Å². The molecule has 0 aliphatic carbocycles. The molecule has 1 saturated heterocycles. The first-order chi connectivity index (χ1) is 12.2. The number of benzene rings is 1. The number of fused-ring (bicyclic) bond motifs is 1. The normalized spacial score (nSPS) is 21.0. The van der Waals surface area contributed by atoms with Gasteiger partial charge in [-0.25, -0.2) is 4.79 Å². The summed E-state index contributed by atoms with van der Waals surface area (Å²) in [6, 6.07) is 7.55. The molecular weight excluding hydrogens is 316 g/mol. The lowest BCUT2D eigenvalue weighted by Gasteiger charge is -2.35. The number of carbonyl (C=O) groups is 1. The van der Waals surface area contributed by atoms with Gasteiger partial charge in [-0.3, -0.25) is 4.90 Å². The monoisotopic (exact) mass is 340 g/mol. The molecule has 6 nitrogen and oxygen atoms in total. The minimum Gasteiger partial charge on any atom is -0.478 e. The number of carboxylic acid groups (broad SMARTS) is 1. The number of carboxylic acids is 1. The number of aromatic carboxylic acids is 1. The van der Waals surface area contributed by atoms with E-state index in [2.05, 4.69) is 19.7 Å². The number of hydrogen-bond donors (Lipinski definition) is 1. The van der Waals surface area contributed by atoms with Gasteiger partial charge in [0.25, 0.3) is 0 Å². The van der Waals surface area contributed by atoms with Crippen LogP contribution in [0.4, 0.5) is 0 Å². The fraction of sp³-hybridized carbons (Fsp3) is 0.526. The summed E-state index contributed by atoms with van der Waals surface area (Å²) in [7, 11) is 0. The third-order valence-electron chi connectivity index (χ3n) is 5.36. The largest absolute Gasteiger partial charge is 0.478 e. The van der Waals surface area contributed by atoms with Crippen LogP contribution in [0.1, 0.15) is 65.7 Å². The molecule has 1 unspecified atom stereocenters. The van der Waals surface area contributed by atoms with Gasteiger partial charge in [0.1, 0.15) is 11.6 Å². The Bertz CT molecular complexity index is 771. The summed E-state index contributed by atoms with van der Waals surface area (Å²) in [6.07, 6.45) is 6.91. The standard InChI is InChI=1S/C19H24N4O2/c24-19(25)15-7-5-6-14(12-15)13-22-10-3-1-8-16(22)18-21-20-17-9-2-4-11-23(17)18/h5-7,12,16H,1-4,8-11,13H2,(H,24,25). The molecule has 132 valence electrons. The van der Waals surface area contributed by atoms with Gasteiger partial charge in [0.05, 0.1) is 11.6 Å². The van der Waals surface area contributed by atoms with Crippen molar-refractivity contribution in [1.82, 2.24) is 19.7 Å². The highest BCUT2D eigenvalue weighted by molar-refractivity contribution is 5.87. The van der Waals surface area contributed by atoms with Crippen molar-refractivity contribution in [1.29, 1.82) is 0 Å². The predicted molar refractivity (Wildman–Crippen MR) is 93.4 cm³/mol. The molecule has 0 radical (unpaired) electrons. The molecule has 4 rings (SSSR count). The fourth-order valence-corrected chi connectivity index (χ4v) is 4.09. The van der Waals surface area contributed by atoms with Crippen molar-refractivity contribution in [3.05, 3.63) is 47.0 Å². The molecule has 1 aromatic carbocycles. The van der Waals surface area contributed by atoms with Crippen LogP contribution in [0.15, 0.2) is 24.3 Å². The lowest BCUT2D eigenvalue weighted by molar-refractivity contribution is 0.0696. The minimum absolute atomic E-state index is 0.279. The molecule has 0 bridgehead atoms. The smallest absolute Gasteiger partial charge is 0.335 e. The summed E-state index contributed by atoms with van der Waals surface area (Å²) in [5.74, 6) is 1.35. The van der Waals surface area contributed by atoms with Crippen molar-refractivity contribution < 1.29 is 9.90 Å². The summed E-state index contributed by atoms with van der Waals surface area (Å²) >= 11 is 0. The summed E-state index contributed by atoms with van der Waals surface area (Å²) in [5, 5.41) is 18.2. The molecule has 1 aromatic heterocycles. The second kappa shape index (κ2) is 6.96. The average Bonchev–Trinajstić information content (AvgIpc) is 3.06. The van der Waals surface area contributed by atoms with Crippen molar-refractivity contribution in [2.24, 2.45) is 0 Å². The van der Waals surface area contributed by atoms with Crippen molar-refractivity contribution in [3.63, 3.8) is 0 Å². The molecule has 2 aromatic rings. The topological polar surface area (TPSA) is 71.2 Å². The molecule has 3 heterocycles. The maximum Gasteiger partial charge on any atom is 0.335 e. The molecule has 2 aliphatic heterocycles. The Morgan fingerprint density at radius 2 is 2.04 bits per heavy atom. The second-order valence-electron chi connectivity index (χ2n) is 7.07. The SMILES string of the molecule is O=C(O)c1cccc(CN2CCCCC2c2nnc3n2CCCC3)c1. The maximum atomic E-state index is 11.2. The molecule has 2 aliphatic rings. The fourth-order valence-electron chi connectivity index (χ4n) is 4.09. The molecular formula is C19H24N4O2. The second-order valence-corrected chi connectivity index (χ2v) is 7.07. The van der Waals surface area contributed by atoms with Crippen LogP contribution in [0, 0.1) is 0 Å². The molecule has 25 heavy (non-hydrogen) atoms. The van der Waals surface area contributed by atoms with Gasteiger partial charge < -0.3 is 9.67 Å². The van der Waals surface area contributed by atoms with E-state index < -0.39 is 5.97 Å². The summed E-state index contributed by atoms with van der Waals surface area (Å²) in [5.41, 5.74) is 1.40. The van der Waals surface area contributed by atoms with Crippen LogP contribution in [0.5, 0.6) is 0 Å². The maximum absolute atomic E-state index is 11.2. The Morgan fingerprint density at radius 1 is 1.16 bits per heavy atom. The van der Waals surface area contributed by atoms with Crippen LogP contribution < -0.4 is 0 Å².